The van der Waals surface area contributed by atoms with E-state index in [9.17, 15) is 4.79 Å². The molecule has 2 saturated heterocycles. The number of pyridine rings is 1. The average molecular weight is 356 g/mol. The molecule has 26 heavy (non-hydrogen) atoms. The van der Waals surface area contributed by atoms with Gasteiger partial charge in [-0.15, -0.1) is 0 Å². The van der Waals surface area contributed by atoms with E-state index in [0.29, 0.717) is 19.0 Å². The second kappa shape index (κ2) is 5.77. The summed E-state index contributed by atoms with van der Waals surface area (Å²) in [4.78, 5) is 16.9. The summed E-state index contributed by atoms with van der Waals surface area (Å²) in [7, 11) is 0. The Hall–Kier alpha value is -1.46. The summed E-state index contributed by atoms with van der Waals surface area (Å²) in [5, 5.41) is 3.42. The second-order valence-corrected chi connectivity index (χ2v) is 9.00. The minimum absolute atomic E-state index is 0.0143. The molecule has 3 unspecified atom stereocenters. The highest BCUT2D eigenvalue weighted by molar-refractivity contribution is 5.76. The number of esters is 1. The van der Waals surface area contributed by atoms with E-state index in [0.717, 1.165) is 12.1 Å². The van der Waals surface area contributed by atoms with Gasteiger partial charge in [0.1, 0.15) is 11.7 Å². The van der Waals surface area contributed by atoms with E-state index >= 15 is 0 Å². The van der Waals surface area contributed by atoms with Crippen molar-refractivity contribution in [3.8, 4) is 0 Å². The van der Waals surface area contributed by atoms with Gasteiger partial charge in [0.05, 0.1) is 17.7 Å². The topological polar surface area (TPSA) is 63.8 Å². The fraction of sp³-hybridized carbons (Fsp3) is 0.714. The lowest BCUT2D eigenvalue weighted by molar-refractivity contribution is -0.146. The zero-order chi connectivity index (χ0) is 17.9. The summed E-state index contributed by atoms with van der Waals surface area (Å²) in [6, 6.07) is 5.90. The van der Waals surface area contributed by atoms with Gasteiger partial charge in [0.15, 0.2) is 0 Å². The third-order valence-corrected chi connectivity index (χ3v) is 7.59. The number of epoxide rings is 1. The molecule has 2 aliphatic carbocycles. The standard InChI is InChI=1S/C21H28N2O3/c1-13-6-5-8-20(2)10-16-17(18-21(13,20)26-18)15(19(24)25-16)12-22-11-14-7-3-4-9-23-14/h3-4,7,9,13,15-18,22H,5-6,8,10-12H2,1-2H3/t13-,15?,16+,17+,18?,20+,21?/m0/s1. The van der Waals surface area contributed by atoms with E-state index < -0.39 is 0 Å². The molecule has 1 aromatic rings. The van der Waals surface area contributed by atoms with E-state index in [4.69, 9.17) is 9.47 Å². The molecule has 4 aliphatic rings. The van der Waals surface area contributed by atoms with Crippen molar-refractivity contribution in [1.82, 2.24) is 10.3 Å². The Morgan fingerprint density at radius 1 is 1.38 bits per heavy atom. The molecule has 5 nitrogen and oxygen atoms in total. The molecule has 4 fully saturated rings. The van der Waals surface area contributed by atoms with Gasteiger partial charge in [-0.25, -0.2) is 0 Å². The third kappa shape index (κ3) is 2.23. The van der Waals surface area contributed by atoms with Crippen LogP contribution in [0.5, 0.6) is 0 Å². The first kappa shape index (κ1) is 16.7. The molecule has 1 N–H and O–H groups in total. The van der Waals surface area contributed by atoms with Gasteiger partial charge in [-0.3, -0.25) is 9.78 Å². The van der Waals surface area contributed by atoms with Crippen LogP contribution in [0.25, 0.3) is 0 Å². The number of carbonyl (C=O) groups excluding carboxylic acids is 1. The first-order valence-corrected chi connectivity index (χ1v) is 10.0. The number of rotatable bonds is 4. The van der Waals surface area contributed by atoms with Crippen LogP contribution in [0.4, 0.5) is 0 Å². The van der Waals surface area contributed by atoms with Crippen molar-refractivity contribution in [1.29, 1.82) is 0 Å². The average Bonchev–Trinajstić information content (AvgIpc) is 3.30. The molecule has 0 bridgehead atoms. The highest BCUT2D eigenvalue weighted by Crippen LogP contribution is 2.70. The van der Waals surface area contributed by atoms with Crippen molar-refractivity contribution in [2.45, 2.75) is 63.9 Å². The van der Waals surface area contributed by atoms with E-state index in [2.05, 4.69) is 24.1 Å². The smallest absolute Gasteiger partial charge is 0.311 e. The Morgan fingerprint density at radius 3 is 3.08 bits per heavy atom. The van der Waals surface area contributed by atoms with Crippen molar-refractivity contribution in [2.75, 3.05) is 6.54 Å². The fourth-order valence-corrected chi connectivity index (χ4v) is 6.32. The SMILES string of the molecule is C[C@H]1CCC[C@]2(C)C[C@H]3OC(=O)C(CNCc4ccccn4)[C@H]3C3OC312. The lowest BCUT2D eigenvalue weighted by Crippen LogP contribution is -2.54. The molecule has 0 radical (unpaired) electrons. The molecular formula is C21H28N2O3. The second-order valence-electron chi connectivity index (χ2n) is 9.00. The highest BCUT2D eigenvalue weighted by Gasteiger charge is 2.78. The van der Waals surface area contributed by atoms with E-state index in [-0.39, 0.29) is 41.0 Å². The number of carbonyl (C=O) groups is 1. The zero-order valence-corrected chi connectivity index (χ0v) is 15.6. The van der Waals surface area contributed by atoms with Gasteiger partial charge in [0, 0.05) is 30.6 Å². The molecule has 0 aromatic carbocycles. The maximum absolute atomic E-state index is 12.6. The van der Waals surface area contributed by atoms with E-state index in [1.807, 2.05) is 18.2 Å². The lowest BCUT2D eigenvalue weighted by atomic mass is 9.53. The summed E-state index contributed by atoms with van der Waals surface area (Å²) < 4.78 is 12.3. The van der Waals surface area contributed by atoms with Crippen LogP contribution < -0.4 is 5.32 Å². The molecule has 2 saturated carbocycles. The van der Waals surface area contributed by atoms with Crippen molar-refractivity contribution in [2.24, 2.45) is 23.2 Å². The van der Waals surface area contributed by atoms with Crippen molar-refractivity contribution < 1.29 is 14.3 Å². The zero-order valence-electron chi connectivity index (χ0n) is 15.6. The van der Waals surface area contributed by atoms with Crippen LogP contribution in [0.2, 0.25) is 0 Å². The number of nitrogens with one attached hydrogen (secondary N) is 1. The molecule has 0 amide bonds. The Morgan fingerprint density at radius 2 is 2.27 bits per heavy atom. The maximum atomic E-state index is 12.6. The summed E-state index contributed by atoms with van der Waals surface area (Å²) in [6.07, 6.45) is 6.66. The molecule has 1 spiro atoms. The number of aromatic nitrogens is 1. The molecule has 7 atom stereocenters. The minimum Gasteiger partial charge on any atom is -0.462 e. The Bertz CT molecular complexity index is 710. The molecule has 140 valence electrons. The first-order chi connectivity index (χ1) is 12.6. The molecule has 5 heteroatoms. The van der Waals surface area contributed by atoms with Crippen LogP contribution in [0, 0.1) is 23.2 Å². The van der Waals surface area contributed by atoms with Gasteiger partial charge in [-0.05, 0) is 37.3 Å². The first-order valence-electron chi connectivity index (χ1n) is 10.0. The predicted molar refractivity (Wildman–Crippen MR) is 96.1 cm³/mol. The minimum atomic E-state index is -0.105. The number of nitrogens with zero attached hydrogens (tertiary/aromatic N) is 1. The van der Waals surface area contributed by atoms with Gasteiger partial charge < -0.3 is 14.8 Å². The van der Waals surface area contributed by atoms with Crippen LogP contribution in [-0.4, -0.2) is 35.3 Å². The van der Waals surface area contributed by atoms with Gasteiger partial charge in [0.2, 0.25) is 0 Å². The van der Waals surface area contributed by atoms with Crippen LogP contribution in [-0.2, 0) is 20.8 Å². The normalized spacial score (nSPS) is 46.1. The third-order valence-electron chi connectivity index (χ3n) is 7.59. The summed E-state index contributed by atoms with van der Waals surface area (Å²) in [6.45, 7) is 6.01. The molecule has 5 rings (SSSR count). The van der Waals surface area contributed by atoms with Gasteiger partial charge >= 0.3 is 5.97 Å². The van der Waals surface area contributed by atoms with Crippen LogP contribution >= 0.6 is 0 Å². The Balaban J connectivity index is 1.32. The van der Waals surface area contributed by atoms with Gasteiger partial charge in [0.25, 0.3) is 0 Å². The van der Waals surface area contributed by atoms with Crippen LogP contribution in [0.3, 0.4) is 0 Å². The molecule has 2 aliphatic heterocycles. The lowest BCUT2D eigenvalue weighted by Gasteiger charge is -2.48. The summed E-state index contributed by atoms with van der Waals surface area (Å²) >= 11 is 0. The quantitative estimate of drug-likeness (QED) is 0.664. The largest absolute Gasteiger partial charge is 0.462 e. The molecular weight excluding hydrogens is 328 g/mol. The van der Waals surface area contributed by atoms with Gasteiger partial charge in [-0.1, -0.05) is 26.3 Å². The monoisotopic (exact) mass is 356 g/mol. The number of ether oxygens (including phenoxy) is 2. The predicted octanol–water partition coefficient (Wildman–Crippen LogP) is 2.70. The fourth-order valence-electron chi connectivity index (χ4n) is 6.32. The summed E-state index contributed by atoms with van der Waals surface area (Å²) in [5.41, 5.74) is 1.14. The number of fused-ring (bicyclic) bond motifs is 2. The number of hydrogen-bond acceptors (Lipinski definition) is 5. The van der Waals surface area contributed by atoms with E-state index in [1.165, 1.54) is 19.3 Å². The van der Waals surface area contributed by atoms with Crippen LogP contribution in [0.15, 0.2) is 24.4 Å². The highest BCUT2D eigenvalue weighted by atomic mass is 16.6. The Kier molecular flexibility index (Phi) is 3.70. The molecule has 3 heterocycles. The molecule has 1 aromatic heterocycles. The maximum Gasteiger partial charge on any atom is 0.311 e. The number of hydrogen-bond donors (Lipinski definition) is 1. The van der Waals surface area contributed by atoms with Gasteiger partial charge in [-0.2, -0.15) is 0 Å². The van der Waals surface area contributed by atoms with Crippen molar-refractivity contribution >= 4 is 5.97 Å². The Labute approximate surface area is 154 Å². The summed E-state index contributed by atoms with van der Waals surface area (Å²) in [5.74, 6) is 0.623. The van der Waals surface area contributed by atoms with Crippen molar-refractivity contribution in [3.63, 3.8) is 0 Å². The van der Waals surface area contributed by atoms with E-state index in [1.54, 1.807) is 6.20 Å². The van der Waals surface area contributed by atoms with Crippen LogP contribution in [0.1, 0.15) is 45.2 Å². The van der Waals surface area contributed by atoms with Crippen molar-refractivity contribution in [3.05, 3.63) is 30.1 Å².